The fraction of sp³-hybridized carbons (Fsp3) is 0.435. The van der Waals surface area contributed by atoms with Crippen molar-refractivity contribution in [3.8, 4) is 5.69 Å². The molecule has 2 aliphatic rings. The molecule has 2 aliphatic heterocycles. The molecule has 9 heteroatoms. The Kier molecular flexibility index (Phi) is 5.62. The van der Waals surface area contributed by atoms with E-state index < -0.39 is 18.1 Å². The Balaban J connectivity index is 1.32. The topological polar surface area (TPSA) is 50.5 Å². The van der Waals surface area contributed by atoms with Crippen molar-refractivity contribution in [1.29, 1.82) is 0 Å². The van der Waals surface area contributed by atoms with Gasteiger partial charge < -0.3 is 9.84 Å². The third-order valence-electron chi connectivity index (χ3n) is 6.51. The molecule has 0 aliphatic carbocycles. The molecule has 0 unspecified atom stereocenters. The first-order valence-electron chi connectivity index (χ1n) is 10.6. The van der Waals surface area contributed by atoms with Gasteiger partial charge in [-0.25, -0.2) is 4.68 Å². The van der Waals surface area contributed by atoms with Crippen molar-refractivity contribution in [1.82, 2.24) is 14.7 Å². The van der Waals surface area contributed by atoms with E-state index >= 15 is 0 Å². The molecule has 170 valence electrons. The van der Waals surface area contributed by atoms with Gasteiger partial charge in [-0.3, -0.25) is 4.90 Å². The molecular formula is C23H24ClF2N3O2S. The Morgan fingerprint density at radius 2 is 1.97 bits per heavy atom. The molecule has 1 spiro atoms. The quantitative estimate of drug-likeness (QED) is 0.572. The number of ether oxygens (including phenoxy) is 1. The molecule has 0 bridgehead atoms. The number of halogens is 3. The third-order valence-corrected chi connectivity index (χ3v) is 7.96. The summed E-state index contributed by atoms with van der Waals surface area (Å²) < 4.78 is 36.7. The molecule has 2 aromatic heterocycles. The average molecular weight is 480 g/mol. The van der Waals surface area contributed by atoms with E-state index in [4.69, 9.17) is 16.3 Å². The molecule has 0 saturated carbocycles. The van der Waals surface area contributed by atoms with Crippen molar-refractivity contribution >= 4 is 22.9 Å². The maximum atomic E-state index is 14.3. The maximum Gasteiger partial charge on any atom is 0.297 e. The van der Waals surface area contributed by atoms with Crippen LogP contribution in [-0.4, -0.2) is 39.5 Å². The predicted molar refractivity (Wildman–Crippen MR) is 120 cm³/mol. The number of benzene rings is 1. The molecule has 3 aromatic rings. The molecule has 0 amide bonds. The summed E-state index contributed by atoms with van der Waals surface area (Å²) in [5, 5.41) is 14.3. The van der Waals surface area contributed by atoms with E-state index in [9.17, 15) is 13.9 Å². The minimum atomic E-state index is -2.99. The molecule has 0 radical (unpaired) electrons. The van der Waals surface area contributed by atoms with E-state index in [0.29, 0.717) is 22.1 Å². The Bertz CT molecular complexity index is 1140. The van der Waals surface area contributed by atoms with E-state index in [2.05, 4.69) is 10.00 Å². The molecular weight excluding hydrogens is 456 g/mol. The molecule has 32 heavy (non-hydrogen) atoms. The van der Waals surface area contributed by atoms with Crippen LogP contribution >= 0.6 is 22.9 Å². The summed E-state index contributed by atoms with van der Waals surface area (Å²) in [6.07, 6.45) is 3.30. The summed E-state index contributed by atoms with van der Waals surface area (Å²) in [5.41, 5.74) is 3.07. The first kappa shape index (κ1) is 22.0. The number of nitrogens with zero attached hydrogens (tertiary/aromatic N) is 3. The number of aliphatic hydroxyl groups is 1. The number of piperidine rings is 1. The van der Waals surface area contributed by atoms with Crippen molar-refractivity contribution in [3.05, 3.63) is 68.1 Å². The lowest BCUT2D eigenvalue weighted by molar-refractivity contribution is -0.182. The molecule has 5 nitrogen and oxygen atoms in total. The van der Waals surface area contributed by atoms with Crippen LogP contribution in [0.3, 0.4) is 0 Å². The van der Waals surface area contributed by atoms with Crippen molar-refractivity contribution in [2.45, 2.75) is 44.4 Å². The number of fused-ring (bicyclic) bond motifs is 2. The fourth-order valence-corrected chi connectivity index (χ4v) is 6.15. The lowest BCUT2D eigenvalue weighted by atomic mass is 9.84. The van der Waals surface area contributed by atoms with Gasteiger partial charge in [-0.1, -0.05) is 29.8 Å². The lowest BCUT2D eigenvalue weighted by Crippen LogP contribution is -2.48. The van der Waals surface area contributed by atoms with E-state index in [1.54, 1.807) is 0 Å². The monoisotopic (exact) mass is 479 g/mol. The zero-order valence-corrected chi connectivity index (χ0v) is 19.2. The molecule has 1 N–H and O–H groups in total. The minimum absolute atomic E-state index is 0.0341. The smallest absolute Gasteiger partial charge is 0.297 e. The number of likely N-dealkylation sites (tertiary alicyclic amines) is 1. The third kappa shape index (κ3) is 3.78. The van der Waals surface area contributed by atoms with Crippen LogP contribution in [0.4, 0.5) is 8.78 Å². The number of alkyl halides is 2. The predicted octanol–water partition coefficient (Wildman–Crippen LogP) is 5.00. The van der Waals surface area contributed by atoms with Gasteiger partial charge in [0.1, 0.15) is 12.2 Å². The van der Waals surface area contributed by atoms with Crippen LogP contribution in [0.15, 0.2) is 36.5 Å². The van der Waals surface area contributed by atoms with Crippen LogP contribution in [0.25, 0.3) is 5.69 Å². The van der Waals surface area contributed by atoms with E-state index in [0.717, 1.165) is 42.1 Å². The van der Waals surface area contributed by atoms with Crippen molar-refractivity contribution in [2.24, 2.45) is 0 Å². The highest BCUT2D eigenvalue weighted by Gasteiger charge is 2.51. The molecule has 1 fully saturated rings. The van der Waals surface area contributed by atoms with Crippen LogP contribution < -0.4 is 0 Å². The number of hydrogen-bond donors (Lipinski definition) is 1. The molecule has 0 atom stereocenters. The van der Waals surface area contributed by atoms with Gasteiger partial charge in [0.2, 0.25) is 0 Å². The largest absolute Gasteiger partial charge is 0.392 e. The second-order valence-corrected chi connectivity index (χ2v) is 10.2. The number of hydrogen-bond acceptors (Lipinski definition) is 5. The Labute approximate surface area is 194 Å². The van der Waals surface area contributed by atoms with Crippen molar-refractivity contribution in [2.75, 3.05) is 19.7 Å². The number of aromatic nitrogens is 2. The van der Waals surface area contributed by atoms with Gasteiger partial charge >= 0.3 is 0 Å². The molecule has 1 saturated heterocycles. The summed E-state index contributed by atoms with van der Waals surface area (Å²) in [6.45, 7) is 3.52. The number of rotatable bonds is 4. The first-order chi connectivity index (χ1) is 15.3. The molecule has 4 heterocycles. The highest BCUT2D eigenvalue weighted by Crippen LogP contribution is 2.52. The summed E-state index contributed by atoms with van der Waals surface area (Å²) in [4.78, 5) is 2.89. The number of para-hydroxylation sites is 1. The molecule has 5 rings (SSSR count). The highest BCUT2D eigenvalue weighted by molar-refractivity contribution is 7.16. The normalized spacial score (nSPS) is 19.9. The van der Waals surface area contributed by atoms with Gasteiger partial charge in [0, 0.05) is 47.4 Å². The van der Waals surface area contributed by atoms with Gasteiger partial charge in [-0.2, -0.15) is 13.9 Å². The van der Waals surface area contributed by atoms with Crippen molar-refractivity contribution < 1.29 is 18.6 Å². The van der Waals surface area contributed by atoms with Gasteiger partial charge in [-0.15, -0.1) is 11.3 Å². The van der Waals surface area contributed by atoms with E-state index in [1.165, 1.54) is 17.4 Å². The van der Waals surface area contributed by atoms with Gasteiger partial charge in [0.25, 0.3) is 5.92 Å². The second-order valence-electron chi connectivity index (χ2n) is 8.53. The average Bonchev–Trinajstić information content (AvgIpc) is 3.37. The zero-order chi connectivity index (χ0) is 22.5. The zero-order valence-electron chi connectivity index (χ0n) is 17.7. The number of aryl methyl sites for hydroxylation is 1. The fourth-order valence-electron chi connectivity index (χ4n) is 4.67. The van der Waals surface area contributed by atoms with E-state index in [-0.39, 0.29) is 12.2 Å². The summed E-state index contributed by atoms with van der Waals surface area (Å²) >= 11 is 7.32. The van der Waals surface area contributed by atoms with Gasteiger partial charge in [-0.05, 0) is 31.9 Å². The molecule has 1 aromatic carbocycles. The Morgan fingerprint density at radius 1 is 1.22 bits per heavy atom. The lowest BCUT2D eigenvalue weighted by Gasteiger charge is -2.45. The van der Waals surface area contributed by atoms with Crippen LogP contribution in [0, 0.1) is 6.92 Å². The first-order valence-corrected chi connectivity index (χ1v) is 11.8. The summed E-state index contributed by atoms with van der Waals surface area (Å²) in [5.74, 6) is -2.99. The second kappa shape index (κ2) is 8.18. The maximum absolute atomic E-state index is 14.3. The van der Waals surface area contributed by atoms with Crippen LogP contribution in [0.2, 0.25) is 4.34 Å². The van der Waals surface area contributed by atoms with Gasteiger partial charge in [0.15, 0.2) is 0 Å². The van der Waals surface area contributed by atoms with E-state index in [1.807, 2.05) is 42.1 Å². The van der Waals surface area contributed by atoms with Crippen LogP contribution in [0.1, 0.15) is 40.1 Å². The Morgan fingerprint density at radius 3 is 2.72 bits per heavy atom. The number of thiophene rings is 1. The SMILES string of the molecule is Cc1nn(-c2ccccc2CO)cc1CN1CCC2(CC1)OCC(F)(F)c1cc(Cl)sc12. The Hall–Kier alpha value is -1.84. The van der Waals surface area contributed by atoms with Crippen LogP contribution in [-0.2, 0) is 29.4 Å². The van der Waals surface area contributed by atoms with Crippen molar-refractivity contribution in [3.63, 3.8) is 0 Å². The standard InChI is InChI=1S/C23H24ClF2N3O2S/c1-15-17(12-29(27-15)19-5-3-2-4-16(19)13-30)11-28-8-6-22(7-9-28)21-18(10-20(24)32-21)23(25,26)14-31-22/h2-5,10,12,30H,6-9,11,13-14H2,1H3. The minimum Gasteiger partial charge on any atom is -0.392 e. The number of aliphatic hydroxyl groups excluding tert-OH is 1. The summed E-state index contributed by atoms with van der Waals surface area (Å²) in [6, 6.07) is 9.04. The van der Waals surface area contributed by atoms with Crippen LogP contribution in [0.5, 0.6) is 0 Å². The summed E-state index contributed by atoms with van der Waals surface area (Å²) in [7, 11) is 0. The highest BCUT2D eigenvalue weighted by atomic mass is 35.5. The van der Waals surface area contributed by atoms with Gasteiger partial charge in [0.05, 0.1) is 22.3 Å².